The molecule has 1 aromatic carbocycles. The molecule has 2 fully saturated rings. The standard InChI is InChI=1S/C19H26F2N4O4S/c1-3-23(4-2)30(28,29)24-7-5-22(6-8-24)19(27)14-9-18(26)25(13-14)17-11-15(20)10-16(21)12-17/h10-12,14H,3-9,13H2,1-2H3. The van der Waals surface area contributed by atoms with E-state index in [1.54, 1.807) is 18.7 Å². The second kappa shape index (κ2) is 8.94. The molecule has 0 radical (unpaired) electrons. The van der Waals surface area contributed by atoms with Crippen molar-refractivity contribution in [2.75, 3.05) is 50.7 Å². The lowest BCUT2D eigenvalue weighted by Gasteiger charge is -2.37. The van der Waals surface area contributed by atoms with Crippen molar-refractivity contribution in [3.63, 3.8) is 0 Å². The Kier molecular flexibility index (Phi) is 6.73. The van der Waals surface area contributed by atoms with E-state index in [9.17, 15) is 26.8 Å². The van der Waals surface area contributed by atoms with Crippen molar-refractivity contribution >= 4 is 27.7 Å². The number of anilines is 1. The molecule has 1 unspecified atom stereocenters. The summed E-state index contributed by atoms with van der Waals surface area (Å²) in [6.07, 6.45) is -0.0467. The number of carbonyl (C=O) groups excluding carboxylic acids is 2. The Balaban J connectivity index is 1.63. The Hall–Kier alpha value is -2.11. The van der Waals surface area contributed by atoms with Crippen LogP contribution in [0.5, 0.6) is 0 Å². The van der Waals surface area contributed by atoms with Crippen LogP contribution in [0.2, 0.25) is 0 Å². The molecule has 166 valence electrons. The Morgan fingerprint density at radius 3 is 2.17 bits per heavy atom. The molecule has 2 heterocycles. The third-order valence-corrected chi connectivity index (χ3v) is 7.73. The van der Waals surface area contributed by atoms with Crippen LogP contribution in [-0.4, -0.2) is 79.6 Å². The van der Waals surface area contributed by atoms with Gasteiger partial charge in [-0.3, -0.25) is 9.59 Å². The van der Waals surface area contributed by atoms with Crippen molar-refractivity contribution in [3.05, 3.63) is 29.8 Å². The van der Waals surface area contributed by atoms with E-state index in [2.05, 4.69) is 0 Å². The van der Waals surface area contributed by atoms with Gasteiger partial charge in [-0.2, -0.15) is 17.0 Å². The first-order valence-corrected chi connectivity index (χ1v) is 11.4. The molecule has 2 amide bonds. The van der Waals surface area contributed by atoms with Crippen molar-refractivity contribution in [2.45, 2.75) is 20.3 Å². The van der Waals surface area contributed by atoms with Crippen LogP contribution in [0.4, 0.5) is 14.5 Å². The van der Waals surface area contributed by atoms with E-state index < -0.39 is 27.8 Å². The summed E-state index contributed by atoms with van der Waals surface area (Å²) < 4.78 is 54.9. The molecule has 0 saturated carbocycles. The van der Waals surface area contributed by atoms with Crippen LogP contribution in [0.3, 0.4) is 0 Å². The van der Waals surface area contributed by atoms with E-state index in [4.69, 9.17) is 0 Å². The summed E-state index contributed by atoms with van der Waals surface area (Å²) in [6, 6.07) is 2.84. The molecular weight excluding hydrogens is 418 g/mol. The van der Waals surface area contributed by atoms with E-state index in [-0.39, 0.29) is 56.6 Å². The van der Waals surface area contributed by atoms with E-state index >= 15 is 0 Å². The van der Waals surface area contributed by atoms with Gasteiger partial charge in [0.15, 0.2) is 0 Å². The summed E-state index contributed by atoms with van der Waals surface area (Å²) in [7, 11) is -3.56. The summed E-state index contributed by atoms with van der Waals surface area (Å²) >= 11 is 0. The van der Waals surface area contributed by atoms with Crippen molar-refractivity contribution < 1.29 is 26.8 Å². The van der Waals surface area contributed by atoms with E-state index in [1.165, 1.54) is 13.5 Å². The number of benzene rings is 1. The topological polar surface area (TPSA) is 81.2 Å². The number of amides is 2. The average Bonchev–Trinajstić information content (AvgIpc) is 3.09. The Labute approximate surface area is 175 Å². The number of hydrogen-bond acceptors (Lipinski definition) is 4. The van der Waals surface area contributed by atoms with Crippen LogP contribution in [0.25, 0.3) is 0 Å². The predicted molar refractivity (Wildman–Crippen MR) is 107 cm³/mol. The van der Waals surface area contributed by atoms with Gasteiger partial charge in [-0.25, -0.2) is 8.78 Å². The maximum atomic E-state index is 13.5. The average molecular weight is 445 g/mol. The van der Waals surface area contributed by atoms with Crippen LogP contribution >= 0.6 is 0 Å². The van der Waals surface area contributed by atoms with Gasteiger partial charge in [0, 0.05) is 64.0 Å². The van der Waals surface area contributed by atoms with Gasteiger partial charge in [0.1, 0.15) is 11.6 Å². The van der Waals surface area contributed by atoms with Gasteiger partial charge in [-0.1, -0.05) is 13.8 Å². The predicted octanol–water partition coefficient (Wildman–Crippen LogP) is 1.05. The lowest BCUT2D eigenvalue weighted by molar-refractivity contribution is -0.137. The monoisotopic (exact) mass is 444 g/mol. The van der Waals surface area contributed by atoms with Gasteiger partial charge in [0.05, 0.1) is 5.92 Å². The molecule has 2 aliphatic heterocycles. The van der Waals surface area contributed by atoms with Crippen molar-refractivity contribution in [1.29, 1.82) is 0 Å². The summed E-state index contributed by atoms with van der Waals surface area (Å²) in [4.78, 5) is 28.0. The van der Waals surface area contributed by atoms with Crippen molar-refractivity contribution in [2.24, 2.45) is 5.92 Å². The normalized spacial score (nSPS) is 21.0. The van der Waals surface area contributed by atoms with Crippen LogP contribution < -0.4 is 4.90 Å². The smallest absolute Gasteiger partial charge is 0.282 e. The molecule has 0 N–H and O–H groups in total. The van der Waals surface area contributed by atoms with Gasteiger partial charge in [0.2, 0.25) is 11.8 Å². The Morgan fingerprint density at radius 1 is 1.07 bits per heavy atom. The van der Waals surface area contributed by atoms with E-state index in [0.717, 1.165) is 18.2 Å². The highest BCUT2D eigenvalue weighted by Crippen LogP contribution is 2.28. The fourth-order valence-electron chi connectivity index (χ4n) is 3.93. The summed E-state index contributed by atoms with van der Waals surface area (Å²) in [6.45, 7) is 5.17. The minimum Gasteiger partial charge on any atom is -0.340 e. The number of nitrogens with zero attached hydrogens (tertiary/aromatic N) is 4. The van der Waals surface area contributed by atoms with Crippen LogP contribution in [-0.2, 0) is 19.8 Å². The lowest BCUT2D eigenvalue weighted by atomic mass is 10.1. The minimum absolute atomic E-state index is 0.0402. The molecule has 2 saturated heterocycles. The largest absolute Gasteiger partial charge is 0.340 e. The number of halogens is 2. The van der Waals surface area contributed by atoms with Gasteiger partial charge in [0.25, 0.3) is 10.2 Å². The molecule has 30 heavy (non-hydrogen) atoms. The van der Waals surface area contributed by atoms with Gasteiger partial charge >= 0.3 is 0 Å². The molecule has 3 rings (SSSR count). The minimum atomic E-state index is -3.56. The fourth-order valence-corrected chi connectivity index (χ4v) is 5.53. The summed E-state index contributed by atoms with van der Waals surface area (Å²) in [5, 5.41) is 0. The zero-order valence-corrected chi connectivity index (χ0v) is 17.9. The first kappa shape index (κ1) is 22.6. The second-order valence-electron chi connectivity index (χ2n) is 7.35. The quantitative estimate of drug-likeness (QED) is 0.657. The first-order chi connectivity index (χ1) is 14.2. The molecule has 0 spiro atoms. The fraction of sp³-hybridized carbons (Fsp3) is 0.579. The summed E-state index contributed by atoms with van der Waals surface area (Å²) in [5.74, 6) is -2.84. The number of piperazine rings is 1. The van der Waals surface area contributed by atoms with Crippen LogP contribution in [0.15, 0.2) is 18.2 Å². The lowest BCUT2D eigenvalue weighted by Crippen LogP contribution is -2.55. The van der Waals surface area contributed by atoms with Crippen LogP contribution in [0, 0.1) is 17.6 Å². The van der Waals surface area contributed by atoms with E-state index in [1.807, 2.05) is 0 Å². The number of rotatable bonds is 6. The molecule has 1 atom stereocenters. The molecule has 11 heteroatoms. The third kappa shape index (κ3) is 4.47. The molecular formula is C19H26F2N4O4S. The molecule has 0 bridgehead atoms. The second-order valence-corrected chi connectivity index (χ2v) is 9.28. The molecule has 0 aromatic heterocycles. The highest BCUT2D eigenvalue weighted by molar-refractivity contribution is 7.86. The molecule has 1 aromatic rings. The molecule has 2 aliphatic rings. The summed E-state index contributed by atoms with van der Waals surface area (Å²) in [5.41, 5.74) is 0.0861. The highest BCUT2D eigenvalue weighted by atomic mass is 32.2. The Bertz CT molecular complexity index is 895. The zero-order chi connectivity index (χ0) is 22.1. The first-order valence-electron chi connectivity index (χ1n) is 9.97. The van der Waals surface area contributed by atoms with Gasteiger partial charge < -0.3 is 9.80 Å². The van der Waals surface area contributed by atoms with Gasteiger partial charge in [-0.05, 0) is 12.1 Å². The maximum absolute atomic E-state index is 13.5. The maximum Gasteiger partial charge on any atom is 0.282 e. The molecule has 0 aliphatic carbocycles. The van der Waals surface area contributed by atoms with E-state index in [0.29, 0.717) is 13.1 Å². The van der Waals surface area contributed by atoms with Crippen molar-refractivity contribution in [1.82, 2.24) is 13.5 Å². The third-order valence-electron chi connectivity index (χ3n) is 5.54. The van der Waals surface area contributed by atoms with Crippen molar-refractivity contribution in [3.8, 4) is 0 Å². The Morgan fingerprint density at radius 2 is 1.63 bits per heavy atom. The molecule has 8 nitrogen and oxygen atoms in total. The SMILES string of the molecule is CCN(CC)S(=O)(=O)N1CCN(C(=O)C2CC(=O)N(c3cc(F)cc(F)c3)C2)CC1. The van der Waals surface area contributed by atoms with Gasteiger partial charge in [-0.15, -0.1) is 0 Å². The zero-order valence-electron chi connectivity index (χ0n) is 17.1. The highest BCUT2D eigenvalue weighted by Gasteiger charge is 2.39. The number of hydrogen-bond donors (Lipinski definition) is 0. The number of carbonyl (C=O) groups is 2. The van der Waals surface area contributed by atoms with Crippen LogP contribution in [0.1, 0.15) is 20.3 Å².